The van der Waals surface area contributed by atoms with Crippen LogP contribution in [0, 0.1) is 0 Å². The maximum atomic E-state index is 12.6. The number of nitrogens with two attached hydrogens (primary N) is 3. The van der Waals surface area contributed by atoms with Crippen molar-refractivity contribution in [2.75, 3.05) is 0 Å². The van der Waals surface area contributed by atoms with E-state index in [0.717, 1.165) is 0 Å². The lowest BCUT2D eigenvalue weighted by Gasteiger charge is -2.24. The van der Waals surface area contributed by atoms with Gasteiger partial charge in [0.25, 0.3) is 0 Å². The Morgan fingerprint density at radius 1 is 0.600 bits per heavy atom. The Balaban J connectivity index is 5.62. The van der Waals surface area contributed by atoms with Gasteiger partial charge in [-0.25, -0.2) is 4.79 Å². The average Bonchev–Trinajstić information content (AvgIpc) is 2.71. The summed E-state index contributed by atoms with van der Waals surface area (Å²) in [5.41, 5.74) is 15.4. The third-order valence-electron chi connectivity index (χ3n) is 4.34. The maximum absolute atomic E-state index is 12.6. The van der Waals surface area contributed by atoms with Crippen LogP contribution in [0.2, 0.25) is 0 Å². The molecule has 0 aliphatic carbocycles. The topological polar surface area (TPSA) is 311 Å². The molecule has 35 heavy (non-hydrogen) atoms. The maximum Gasteiger partial charge on any atom is 0.326 e. The van der Waals surface area contributed by atoms with Gasteiger partial charge in [0.15, 0.2) is 0 Å². The third-order valence-corrected chi connectivity index (χ3v) is 4.34. The van der Waals surface area contributed by atoms with Crippen molar-refractivity contribution in [3.05, 3.63) is 0 Å². The summed E-state index contributed by atoms with van der Waals surface area (Å²) in [6, 6.07) is -6.57. The number of primary amides is 2. The quantitative estimate of drug-likeness (QED) is 0.0902. The van der Waals surface area contributed by atoms with Crippen molar-refractivity contribution in [2.45, 2.75) is 62.7 Å². The Kier molecular flexibility index (Phi) is 13.0. The monoisotopic (exact) mass is 504 g/mol. The molecule has 0 aromatic rings. The van der Waals surface area contributed by atoms with Gasteiger partial charge in [-0.1, -0.05) is 0 Å². The minimum Gasteiger partial charge on any atom is -0.481 e. The average molecular weight is 504 g/mol. The molecular weight excluding hydrogens is 476 g/mol. The van der Waals surface area contributed by atoms with Crippen LogP contribution in [-0.2, 0) is 38.4 Å². The summed E-state index contributed by atoms with van der Waals surface area (Å²) in [5, 5.41) is 33.1. The van der Waals surface area contributed by atoms with E-state index in [-0.39, 0.29) is 0 Å². The summed E-state index contributed by atoms with van der Waals surface area (Å²) >= 11 is 0. The summed E-state index contributed by atoms with van der Waals surface area (Å²) < 4.78 is 0. The van der Waals surface area contributed by atoms with Gasteiger partial charge in [-0.2, -0.15) is 0 Å². The molecule has 0 spiro atoms. The zero-order valence-electron chi connectivity index (χ0n) is 18.4. The molecule has 12 N–H and O–H groups in total. The minimum absolute atomic E-state index is 0.437. The number of rotatable bonds is 17. The van der Waals surface area contributed by atoms with E-state index in [1.807, 2.05) is 10.6 Å². The fourth-order valence-corrected chi connectivity index (χ4v) is 2.60. The van der Waals surface area contributed by atoms with Crippen LogP contribution in [0.3, 0.4) is 0 Å². The van der Waals surface area contributed by atoms with Crippen molar-refractivity contribution >= 4 is 47.4 Å². The lowest BCUT2D eigenvalue weighted by atomic mass is 10.1. The van der Waals surface area contributed by atoms with Crippen LogP contribution in [0.1, 0.15) is 38.5 Å². The number of carbonyl (C=O) groups is 8. The number of carbonyl (C=O) groups excluding carboxylic acids is 5. The van der Waals surface area contributed by atoms with Gasteiger partial charge in [-0.3, -0.25) is 33.6 Å². The highest BCUT2D eigenvalue weighted by Gasteiger charge is 2.32. The predicted octanol–water partition coefficient (Wildman–Crippen LogP) is -4.67. The number of hydrogen-bond acceptors (Lipinski definition) is 9. The second-order valence-corrected chi connectivity index (χ2v) is 7.33. The standard InChI is InChI=1S/C18H28N6O11/c19-7(5-12(21)26)15(31)24-10(6-14(29)30)17(33)22-8(1-3-11(20)25)16(32)23-9(18(34)35)2-4-13(27)28/h7-10H,1-6,19H2,(H2,20,25)(H2,21,26)(H,22,33)(H,23,32)(H,24,31)(H,27,28)(H,29,30)(H,34,35). The molecule has 0 saturated carbocycles. The fourth-order valence-electron chi connectivity index (χ4n) is 2.60. The minimum atomic E-state index is -1.79. The molecule has 4 atom stereocenters. The molecule has 17 nitrogen and oxygen atoms in total. The van der Waals surface area contributed by atoms with Crippen molar-refractivity contribution in [1.82, 2.24) is 16.0 Å². The van der Waals surface area contributed by atoms with E-state index in [9.17, 15) is 43.5 Å². The lowest BCUT2D eigenvalue weighted by Crippen LogP contribution is -2.57. The van der Waals surface area contributed by atoms with Gasteiger partial charge >= 0.3 is 17.9 Å². The fraction of sp³-hybridized carbons (Fsp3) is 0.556. The molecule has 0 heterocycles. The first-order chi connectivity index (χ1) is 16.1. The van der Waals surface area contributed by atoms with Crippen molar-refractivity contribution in [2.24, 2.45) is 17.2 Å². The molecule has 0 aliphatic rings. The third kappa shape index (κ3) is 13.1. The van der Waals surface area contributed by atoms with E-state index < -0.39 is 110 Å². The summed E-state index contributed by atoms with van der Waals surface area (Å²) in [6.45, 7) is 0. The zero-order valence-corrected chi connectivity index (χ0v) is 18.4. The zero-order chi connectivity index (χ0) is 27.3. The Morgan fingerprint density at radius 3 is 1.54 bits per heavy atom. The largest absolute Gasteiger partial charge is 0.481 e. The number of nitrogens with one attached hydrogen (secondary N) is 3. The number of carboxylic acid groups (broad SMARTS) is 3. The molecule has 0 aromatic carbocycles. The molecule has 0 aromatic heterocycles. The normalized spacial score (nSPS) is 13.9. The summed E-state index contributed by atoms with van der Waals surface area (Å²) in [7, 11) is 0. The van der Waals surface area contributed by atoms with E-state index in [0.29, 0.717) is 0 Å². The second-order valence-electron chi connectivity index (χ2n) is 7.33. The highest BCUT2D eigenvalue weighted by molar-refractivity contribution is 5.96. The Hall–Kier alpha value is -4.28. The Bertz CT molecular complexity index is 862. The van der Waals surface area contributed by atoms with Crippen LogP contribution in [0.25, 0.3) is 0 Å². The van der Waals surface area contributed by atoms with E-state index >= 15 is 0 Å². The number of hydrogen-bond donors (Lipinski definition) is 9. The lowest BCUT2D eigenvalue weighted by molar-refractivity contribution is -0.144. The number of amides is 5. The van der Waals surface area contributed by atoms with Gasteiger partial charge in [-0.05, 0) is 12.8 Å². The molecule has 5 amide bonds. The first-order valence-corrected chi connectivity index (χ1v) is 10.0. The predicted molar refractivity (Wildman–Crippen MR) is 113 cm³/mol. The molecular formula is C18H28N6O11. The van der Waals surface area contributed by atoms with Gasteiger partial charge in [0.2, 0.25) is 29.5 Å². The van der Waals surface area contributed by atoms with Gasteiger partial charge in [0.05, 0.1) is 18.9 Å². The summed E-state index contributed by atoms with van der Waals surface area (Å²) in [4.78, 5) is 92.5. The Morgan fingerprint density at radius 2 is 1.09 bits per heavy atom. The molecule has 0 fully saturated rings. The van der Waals surface area contributed by atoms with Crippen LogP contribution >= 0.6 is 0 Å². The molecule has 0 radical (unpaired) electrons. The molecule has 196 valence electrons. The van der Waals surface area contributed by atoms with Crippen LogP contribution in [0.4, 0.5) is 0 Å². The van der Waals surface area contributed by atoms with Gasteiger partial charge < -0.3 is 48.5 Å². The molecule has 0 aliphatic heterocycles. The van der Waals surface area contributed by atoms with Gasteiger partial charge in [-0.15, -0.1) is 0 Å². The SMILES string of the molecule is NC(=O)CCC(NC(=O)C(CC(=O)O)NC(=O)C(N)CC(N)=O)C(=O)NC(CCC(=O)O)C(=O)O. The smallest absolute Gasteiger partial charge is 0.326 e. The van der Waals surface area contributed by atoms with Gasteiger partial charge in [0, 0.05) is 12.8 Å². The van der Waals surface area contributed by atoms with Crippen LogP contribution in [0.5, 0.6) is 0 Å². The van der Waals surface area contributed by atoms with Crippen molar-refractivity contribution in [3.63, 3.8) is 0 Å². The molecule has 4 unspecified atom stereocenters. The van der Waals surface area contributed by atoms with E-state index in [1.54, 1.807) is 0 Å². The molecule has 0 bridgehead atoms. The van der Waals surface area contributed by atoms with Crippen LogP contribution in [0.15, 0.2) is 0 Å². The molecule has 0 saturated heterocycles. The Labute approximate surface area is 197 Å². The highest BCUT2D eigenvalue weighted by Crippen LogP contribution is 2.05. The molecule has 0 rings (SSSR count). The number of aliphatic carboxylic acids is 3. The first-order valence-electron chi connectivity index (χ1n) is 10.0. The molecule has 17 heteroatoms. The van der Waals surface area contributed by atoms with Crippen molar-refractivity contribution < 1.29 is 53.7 Å². The van der Waals surface area contributed by atoms with Crippen molar-refractivity contribution in [3.8, 4) is 0 Å². The van der Waals surface area contributed by atoms with Crippen LogP contribution < -0.4 is 33.2 Å². The van der Waals surface area contributed by atoms with E-state index in [4.69, 9.17) is 27.4 Å². The van der Waals surface area contributed by atoms with Gasteiger partial charge in [0.1, 0.15) is 18.1 Å². The first kappa shape index (κ1) is 30.7. The second kappa shape index (κ2) is 14.8. The van der Waals surface area contributed by atoms with E-state index in [1.165, 1.54) is 0 Å². The van der Waals surface area contributed by atoms with Crippen molar-refractivity contribution in [1.29, 1.82) is 0 Å². The number of carboxylic acids is 3. The van der Waals surface area contributed by atoms with Crippen LogP contribution in [-0.4, -0.2) is 86.9 Å². The summed E-state index contributed by atoms with van der Waals surface area (Å²) in [6.07, 6.45) is -3.57. The highest BCUT2D eigenvalue weighted by atomic mass is 16.4. The van der Waals surface area contributed by atoms with E-state index in [2.05, 4.69) is 5.32 Å². The summed E-state index contributed by atoms with van der Waals surface area (Å²) in [5.74, 6) is -9.70.